The van der Waals surface area contributed by atoms with Gasteiger partial charge in [-0.1, -0.05) is 12.1 Å². The SMILES string of the molecule is O=C(CN1C(=O)COc2ccc([N+](=O)[O-])nc21)Nc1ccccc1F. The number of benzene rings is 1. The Bertz CT molecular complexity index is 873. The quantitative estimate of drug-likeness (QED) is 0.662. The fourth-order valence-corrected chi connectivity index (χ4v) is 2.23. The number of fused-ring (bicyclic) bond motifs is 1. The Labute approximate surface area is 140 Å². The molecule has 2 amide bonds. The predicted molar refractivity (Wildman–Crippen MR) is 83.8 cm³/mol. The zero-order valence-corrected chi connectivity index (χ0v) is 12.6. The first kappa shape index (κ1) is 16.3. The van der Waals surface area contributed by atoms with Crippen molar-refractivity contribution in [2.24, 2.45) is 0 Å². The molecule has 0 atom stereocenters. The van der Waals surface area contributed by atoms with Crippen molar-refractivity contribution in [2.45, 2.75) is 0 Å². The monoisotopic (exact) mass is 346 g/mol. The van der Waals surface area contributed by atoms with E-state index in [2.05, 4.69) is 10.3 Å². The van der Waals surface area contributed by atoms with Crippen molar-refractivity contribution in [3.63, 3.8) is 0 Å². The molecule has 1 aromatic heterocycles. The second-order valence-corrected chi connectivity index (χ2v) is 5.04. The van der Waals surface area contributed by atoms with E-state index in [-0.39, 0.29) is 23.9 Å². The lowest BCUT2D eigenvalue weighted by molar-refractivity contribution is -0.389. The van der Waals surface area contributed by atoms with Gasteiger partial charge in [0.05, 0.1) is 5.69 Å². The Morgan fingerprint density at radius 2 is 2.12 bits per heavy atom. The number of hydrogen-bond acceptors (Lipinski definition) is 6. The van der Waals surface area contributed by atoms with Crippen LogP contribution in [0.5, 0.6) is 5.75 Å². The Hall–Kier alpha value is -3.56. The zero-order chi connectivity index (χ0) is 18.0. The molecule has 10 heteroatoms. The summed E-state index contributed by atoms with van der Waals surface area (Å²) in [6.07, 6.45) is 0. The molecule has 0 spiro atoms. The van der Waals surface area contributed by atoms with Gasteiger partial charge in [-0.2, -0.15) is 0 Å². The van der Waals surface area contributed by atoms with Crippen molar-refractivity contribution in [2.75, 3.05) is 23.4 Å². The minimum Gasteiger partial charge on any atom is -0.477 e. The maximum atomic E-state index is 13.6. The van der Waals surface area contributed by atoms with Crippen LogP contribution in [0.4, 0.5) is 21.7 Å². The molecule has 0 radical (unpaired) electrons. The summed E-state index contributed by atoms with van der Waals surface area (Å²) >= 11 is 0. The van der Waals surface area contributed by atoms with Gasteiger partial charge in [0.25, 0.3) is 11.7 Å². The molecule has 1 aromatic carbocycles. The van der Waals surface area contributed by atoms with E-state index < -0.39 is 34.9 Å². The summed E-state index contributed by atoms with van der Waals surface area (Å²) in [6, 6.07) is 7.98. The Morgan fingerprint density at radius 3 is 2.84 bits per heavy atom. The summed E-state index contributed by atoms with van der Waals surface area (Å²) < 4.78 is 18.7. The van der Waals surface area contributed by atoms with Gasteiger partial charge in [0.15, 0.2) is 12.4 Å². The van der Waals surface area contributed by atoms with Crippen LogP contribution >= 0.6 is 0 Å². The van der Waals surface area contributed by atoms with E-state index in [4.69, 9.17) is 4.74 Å². The lowest BCUT2D eigenvalue weighted by Gasteiger charge is -2.24. The molecular formula is C15H11FN4O5. The first-order valence-corrected chi connectivity index (χ1v) is 7.08. The van der Waals surface area contributed by atoms with Crippen molar-refractivity contribution >= 4 is 29.1 Å². The van der Waals surface area contributed by atoms with Gasteiger partial charge in [0, 0.05) is 6.07 Å². The Morgan fingerprint density at radius 1 is 1.36 bits per heavy atom. The van der Waals surface area contributed by atoms with Crippen molar-refractivity contribution in [3.8, 4) is 5.75 Å². The van der Waals surface area contributed by atoms with E-state index >= 15 is 0 Å². The van der Waals surface area contributed by atoms with E-state index in [0.29, 0.717) is 0 Å². The van der Waals surface area contributed by atoms with Crippen LogP contribution in [0.3, 0.4) is 0 Å². The predicted octanol–water partition coefficient (Wildman–Crippen LogP) is 1.49. The third-order valence-electron chi connectivity index (χ3n) is 3.37. The molecule has 25 heavy (non-hydrogen) atoms. The van der Waals surface area contributed by atoms with Crippen LogP contribution in [0, 0.1) is 15.9 Å². The highest BCUT2D eigenvalue weighted by Gasteiger charge is 2.33. The highest BCUT2D eigenvalue weighted by molar-refractivity contribution is 6.04. The number of halogens is 1. The number of nitrogens with one attached hydrogen (secondary N) is 1. The van der Waals surface area contributed by atoms with E-state index in [1.54, 1.807) is 6.07 Å². The number of anilines is 2. The maximum absolute atomic E-state index is 13.6. The third kappa shape index (κ3) is 3.37. The number of amides is 2. The highest BCUT2D eigenvalue weighted by atomic mass is 19.1. The number of hydrogen-bond donors (Lipinski definition) is 1. The first-order chi connectivity index (χ1) is 12.0. The van der Waals surface area contributed by atoms with Crippen molar-refractivity contribution < 1.29 is 23.6 Å². The summed E-state index contributed by atoms with van der Waals surface area (Å²) in [7, 11) is 0. The van der Waals surface area contributed by atoms with Gasteiger partial charge >= 0.3 is 5.82 Å². The fourth-order valence-electron chi connectivity index (χ4n) is 2.23. The van der Waals surface area contributed by atoms with E-state index in [9.17, 15) is 24.1 Å². The minimum absolute atomic E-state index is 0.0413. The molecule has 0 fully saturated rings. The average molecular weight is 346 g/mol. The molecule has 0 saturated heterocycles. The minimum atomic E-state index is -0.725. The van der Waals surface area contributed by atoms with Crippen LogP contribution in [0.2, 0.25) is 0 Å². The van der Waals surface area contributed by atoms with E-state index in [0.717, 1.165) is 11.0 Å². The standard InChI is InChI=1S/C15H11FN4O5/c16-9-3-1-2-4-10(9)17-13(21)7-19-14(22)8-25-11-5-6-12(20(23)24)18-15(11)19/h1-6H,7-8H2,(H,17,21). The summed E-state index contributed by atoms with van der Waals surface area (Å²) in [5.41, 5.74) is -0.0413. The molecule has 0 saturated carbocycles. The number of nitro groups is 1. The molecule has 2 aromatic rings. The van der Waals surface area contributed by atoms with Gasteiger partial charge in [-0.15, -0.1) is 0 Å². The molecular weight excluding hydrogens is 335 g/mol. The van der Waals surface area contributed by atoms with Crippen molar-refractivity contribution in [1.82, 2.24) is 4.98 Å². The number of rotatable bonds is 4. The molecule has 0 aliphatic carbocycles. The summed E-state index contributed by atoms with van der Waals surface area (Å²) in [5, 5.41) is 13.2. The molecule has 9 nitrogen and oxygen atoms in total. The van der Waals surface area contributed by atoms with Gasteiger partial charge in [-0.25, -0.2) is 4.39 Å². The summed E-state index contributed by atoms with van der Waals surface area (Å²) in [4.78, 5) is 39.0. The summed E-state index contributed by atoms with van der Waals surface area (Å²) in [5.74, 6) is -2.38. The number of pyridine rings is 1. The molecule has 1 aliphatic rings. The molecule has 2 heterocycles. The second kappa shape index (κ2) is 6.51. The number of carbonyl (C=O) groups is 2. The lowest BCUT2D eigenvalue weighted by atomic mass is 10.3. The van der Waals surface area contributed by atoms with Crippen LogP contribution in [-0.4, -0.2) is 34.9 Å². The van der Waals surface area contributed by atoms with Crippen LogP contribution in [0.15, 0.2) is 36.4 Å². The molecule has 3 rings (SSSR count). The first-order valence-electron chi connectivity index (χ1n) is 7.08. The molecule has 0 bridgehead atoms. The number of carbonyl (C=O) groups excluding carboxylic acids is 2. The van der Waals surface area contributed by atoms with Crippen LogP contribution in [0.1, 0.15) is 0 Å². The Balaban J connectivity index is 1.84. The van der Waals surface area contributed by atoms with Gasteiger partial charge in [-0.05, 0) is 28.1 Å². The summed E-state index contributed by atoms with van der Waals surface area (Å²) in [6.45, 7) is -0.822. The van der Waals surface area contributed by atoms with Crippen molar-refractivity contribution in [1.29, 1.82) is 0 Å². The molecule has 128 valence electrons. The van der Waals surface area contributed by atoms with Crippen LogP contribution < -0.4 is 15.0 Å². The number of para-hydroxylation sites is 1. The third-order valence-corrected chi connectivity index (χ3v) is 3.37. The van der Waals surface area contributed by atoms with Crippen LogP contribution in [0.25, 0.3) is 0 Å². The molecule has 1 N–H and O–H groups in total. The number of nitrogens with zero attached hydrogens (tertiary/aromatic N) is 3. The van der Waals surface area contributed by atoms with Gasteiger partial charge in [-0.3, -0.25) is 14.5 Å². The number of ether oxygens (including phenoxy) is 1. The fraction of sp³-hybridized carbons (Fsp3) is 0.133. The van der Waals surface area contributed by atoms with Crippen LogP contribution in [-0.2, 0) is 9.59 Å². The molecule has 0 unspecified atom stereocenters. The Kier molecular flexibility index (Phi) is 4.25. The largest absolute Gasteiger partial charge is 0.477 e. The van der Waals surface area contributed by atoms with Gasteiger partial charge < -0.3 is 20.2 Å². The van der Waals surface area contributed by atoms with E-state index in [1.807, 2.05) is 0 Å². The zero-order valence-electron chi connectivity index (χ0n) is 12.6. The van der Waals surface area contributed by atoms with Gasteiger partial charge in [0.2, 0.25) is 5.91 Å². The average Bonchev–Trinajstić information content (AvgIpc) is 2.59. The molecule has 1 aliphatic heterocycles. The number of aromatic nitrogens is 1. The van der Waals surface area contributed by atoms with Gasteiger partial charge in [0.1, 0.15) is 12.4 Å². The normalized spacial score (nSPS) is 13.0. The lowest BCUT2D eigenvalue weighted by Crippen LogP contribution is -2.44. The highest BCUT2D eigenvalue weighted by Crippen LogP contribution is 2.31. The topological polar surface area (TPSA) is 115 Å². The second-order valence-electron chi connectivity index (χ2n) is 5.04. The maximum Gasteiger partial charge on any atom is 0.366 e. The van der Waals surface area contributed by atoms with Crippen molar-refractivity contribution in [3.05, 3.63) is 52.3 Å². The smallest absolute Gasteiger partial charge is 0.366 e. The van der Waals surface area contributed by atoms with E-state index in [1.165, 1.54) is 24.3 Å².